The minimum Gasteiger partial charge on any atom is -0.384 e. The first-order valence-corrected chi connectivity index (χ1v) is 6.91. The average molecular weight is 282 g/mol. The Kier molecular flexibility index (Phi) is 3.53. The fourth-order valence-corrected chi connectivity index (χ4v) is 2.56. The second-order valence-corrected chi connectivity index (χ2v) is 5.05. The van der Waals surface area contributed by atoms with E-state index >= 15 is 0 Å². The lowest BCUT2D eigenvalue weighted by molar-refractivity contribution is 0.736. The molecule has 3 heterocycles. The van der Waals surface area contributed by atoms with Crippen LogP contribution in [0.4, 0.5) is 11.8 Å². The lowest BCUT2D eigenvalue weighted by Gasteiger charge is -2.18. The van der Waals surface area contributed by atoms with Crippen molar-refractivity contribution in [3.05, 3.63) is 35.8 Å². The summed E-state index contributed by atoms with van der Waals surface area (Å²) in [6, 6.07) is 3.72. The molecule has 0 radical (unpaired) electrons. The van der Waals surface area contributed by atoms with Crippen molar-refractivity contribution in [2.24, 2.45) is 0 Å². The molecule has 21 heavy (non-hydrogen) atoms. The van der Waals surface area contributed by atoms with Crippen molar-refractivity contribution < 1.29 is 0 Å². The summed E-state index contributed by atoms with van der Waals surface area (Å²) >= 11 is 0. The number of anilines is 2. The van der Waals surface area contributed by atoms with Gasteiger partial charge in [0, 0.05) is 23.9 Å². The maximum Gasteiger partial charge on any atom is 0.220 e. The second kappa shape index (κ2) is 5.49. The van der Waals surface area contributed by atoms with Crippen LogP contribution in [0.2, 0.25) is 0 Å². The molecule has 0 spiro atoms. The number of pyridine rings is 1. The lowest BCUT2D eigenvalue weighted by atomic mass is 9.96. The standard InChI is InChI=1S/C15H18N6/c1-9-13(11-2-3-12(16)19-8-11)14(21-15(17)20-9)10-4-6-18-7-5-10/h2-4,8,18H,5-7H2,1H3,(H2,16,19)(H2,17,20,21). The molecule has 6 heteroatoms. The largest absolute Gasteiger partial charge is 0.384 e. The molecule has 0 atom stereocenters. The summed E-state index contributed by atoms with van der Waals surface area (Å²) in [5, 5.41) is 3.30. The van der Waals surface area contributed by atoms with E-state index in [2.05, 4.69) is 26.3 Å². The molecule has 0 amide bonds. The molecule has 0 unspecified atom stereocenters. The molecule has 108 valence electrons. The van der Waals surface area contributed by atoms with Crippen LogP contribution in [0.1, 0.15) is 17.8 Å². The van der Waals surface area contributed by atoms with Crippen LogP contribution in [0.25, 0.3) is 16.7 Å². The van der Waals surface area contributed by atoms with Gasteiger partial charge in [0.25, 0.3) is 0 Å². The Labute approximate surface area is 123 Å². The summed E-state index contributed by atoms with van der Waals surface area (Å²) in [5.41, 5.74) is 16.4. The van der Waals surface area contributed by atoms with E-state index in [1.165, 1.54) is 5.57 Å². The van der Waals surface area contributed by atoms with Gasteiger partial charge in [0.1, 0.15) is 5.82 Å². The van der Waals surface area contributed by atoms with E-state index < -0.39 is 0 Å². The fraction of sp³-hybridized carbons (Fsp3) is 0.267. The van der Waals surface area contributed by atoms with Crippen molar-refractivity contribution in [2.75, 3.05) is 24.6 Å². The first kappa shape index (κ1) is 13.5. The number of hydrogen-bond acceptors (Lipinski definition) is 6. The number of nitrogen functional groups attached to an aromatic ring is 2. The number of nitrogens with one attached hydrogen (secondary N) is 1. The highest BCUT2D eigenvalue weighted by atomic mass is 15.0. The van der Waals surface area contributed by atoms with E-state index in [4.69, 9.17) is 11.5 Å². The van der Waals surface area contributed by atoms with E-state index in [-0.39, 0.29) is 0 Å². The minimum absolute atomic E-state index is 0.300. The average Bonchev–Trinajstić information content (AvgIpc) is 2.49. The van der Waals surface area contributed by atoms with E-state index in [1.807, 2.05) is 13.0 Å². The number of hydrogen-bond donors (Lipinski definition) is 3. The summed E-state index contributed by atoms with van der Waals surface area (Å²) < 4.78 is 0. The molecule has 0 aliphatic carbocycles. The summed E-state index contributed by atoms with van der Waals surface area (Å²) in [6.45, 7) is 3.72. The number of rotatable bonds is 2. The predicted octanol–water partition coefficient (Wildman–Crippen LogP) is 1.39. The molecule has 0 fully saturated rings. The summed E-state index contributed by atoms with van der Waals surface area (Å²) in [5.74, 6) is 0.796. The van der Waals surface area contributed by atoms with Crippen molar-refractivity contribution in [1.29, 1.82) is 0 Å². The van der Waals surface area contributed by atoms with Crippen molar-refractivity contribution in [3.63, 3.8) is 0 Å². The van der Waals surface area contributed by atoms with Crippen molar-refractivity contribution in [1.82, 2.24) is 20.3 Å². The Hall–Kier alpha value is -2.47. The molecular formula is C15H18N6. The molecule has 0 saturated carbocycles. The van der Waals surface area contributed by atoms with E-state index in [0.717, 1.165) is 42.0 Å². The highest BCUT2D eigenvalue weighted by Gasteiger charge is 2.17. The highest BCUT2D eigenvalue weighted by Crippen LogP contribution is 2.32. The van der Waals surface area contributed by atoms with E-state index in [0.29, 0.717) is 11.8 Å². The van der Waals surface area contributed by atoms with Crippen molar-refractivity contribution in [2.45, 2.75) is 13.3 Å². The zero-order valence-corrected chi connectivity index (χ0v) is 11.9. The molecule has 0 saturated heterocycles. The maximum absolute atomic E-state index is 5.84. The Morgan fingerprint density at radius 3 is 2.71 bits per heavy atom. The zero-order valence-electron chi connectivity index (χ0n) is 11.9. The van der Waals surface area contributed by atoms with Gasteiger partial charge in [-0.2, -0.15) is 0 Å². The van der Waals surface area contributed by atoms with Gasteiger partial charge in [-0.25, -0.2) is 15.0 Å². The van der Waals surface area contributed by atoms with Crippen LogP contribution in [0.5, 0.6) is 0 Å². The van der Waals surface area contributed by atoms with Gasteiger partial charge in [-0.05, 0) is 37.6 Å². The van der Waals surface area contributed by atoms with Crippen LogP contribution < -0.4 is 16.8 Å². The van der Waals surface area contributed by atoms with Gasteiger partial charge in [-0.1, -0.05) is 6.08 Å². The topological polar surface area (TPSA) is 103 Å². The second-order valence-electron chi connectivity index (χ2n) is 5.05. The van der Waals surface area contributed by atoms with Gasteiger partial charge in [0.05, 0.1) is 11.4 Å². The minimum atomic E-state index is 0.300. The predicted molar refractivity (Wildman–Crippen MR) is 84.3 cm³/mol. The van der Waals surface area contributed by atoms with Gasteiger partial charge in [0.2, 0.25) is 5.95 Å². The first-order chi connectivity index (χ1) is 10.1. The summed E-state index contributed by atoms with van der Waals surface area (Å²) in [4.78, 5) is 12.9. The number of aryl methyl sites for hydroxylation is 1. The molecule has 6 nitrogen and oxygen atoms in total. The Morgan fingerprint density at radius 1 is 1.19 bits per heavy atom. The van der Waals surface area contributed by atoms with Gasteiger partial charge >= 0.3 is 0 Å². The third-order valence-electron chi connectivity index (χ3n) is 3.55. The van der Waals surface area contributed by atoms with Crippen molar-refractivity contribution in [3.8, 4) is 11.1 Å². The van der Waals surface area contributed by atoms with Crippen LogP contribution in [-0.2, 0) is 0 Å². The van der Waals surface area contributed by atoms with E-state index in [9.17, 15) is 0 Å². The summed E-state index contributed by atoms with van der Waals surface area (Å²) in [7, 11) is 0. The molecule has 0 aromatic carbocycles. The monoisotopic (exact) mass is 282 g/mol. The van der Waals surface area contributed by atoms with Crippen molar-refractivity contribution >= 4 is 17.3 Å². The smallest absolute Gasteiger partial charge is 0.220 e. The molecule has 2 aromatic heterocycles. The Balaban J connectivity index is 2.18. The molecule has 0 bridgehead atoms. The lowest BCUT2D eigenvalue weighted by Crippen LogP contribution is -2.21. The normalized spacial score (nSPS) is 14.8. The maximum atomic E-state index is 5.84. The third-order valence-corrected chi connectivity index (χ3v) is 3.55. The molecule has 5 N–H and O–H groups in total. The molecule has 1 aliphatic rings. The van der Waals surface area contributed by atoms with Crippen LogP contribution in [0, 0.1) is 6.92 Å². The van der Waals surface area contributed by atoms with Crippen LogP contribution >= 0.6 is 0 Å². The third kappa shape index (κ3) is 2.71. The van der Waals surface area contributed by atoms with E-state index in [1.54, 1.807) is 12.3 Å². The number of aromatic nitrogens is 3. The highest BCUT2D eigenvalue weighted by molar-refractivity contribution is 5.81. The SMILES string of the molecule is Cc1nc(N)nc(C2=CCNCC2)c1-c1ccc(N)nc1. The molecular weight excluding hydrogens is 264 g/mol. The van der Waals surface area contributed by atoms with Gasteiger partial charge in [0.15, 0.2) is 0 Å². The quantitative estimate of drug-likeness (QED) is 0.769. The van der Waals surface area contributed by atoms with Gasteiger partial charge in [-0.15, -0.1) is 0 Å². The molecule has 3 rings (SSSR count). The molecule has 1 aliphatic heterocycles. The van der Waals surface area contributed by atoms with Crippen LogP contribution in [-0.4, -0.2) is 28.0 Å². The first-order valence-electron chi connectivity index (χ1n) is 6.91. The van der Waals surface area contributed by atoms with Crippen LogP contribution in [0.3, 0.4) is 0 Å². The molecule has 2 aromatic rings. The van der Waals surface area contributed by atoms with Gasteiger partial charge in [-0.3, -0.25) is 0 Å². The fourth-order valence-electron chi connectivity index (χ4n) is 2.56. The zero-order chi connectivity index (χ0) is 14.8. The summed E-state index contributed by atoms with van der Waals surface area (Å²) in [6.07, 6.45) is 4.83. The number of nitrogens with two attached hydrogens (primary N) is 2. The number of nitrogens with zero attached hydrogens (tertiary/aromatic N) is 3. The van der Waals surface area contributed by atoms with Crippen LogP contribution in [0.15, 0.2) is 24.4 Å². The van der Waals surface area contributed by atoms with Gasteiger partial charge < -0.3 is 16.8 Å². The Bertz CT molecular complexity index is 690. The Morgan fingerprint density at radius 2 is 2.05 bits per heavy atom.